The fraction of sp³-hybridized carbons (Fsp3) is 0.444. The van der Waals surface area contributed by atoms with Crippen LogP contribution in [0.3, 0.4) is 0 Å². The number of nitrogens with one attached hydrogen (secondary N) is 1. The van der Waals surface area contributed by atoms with Crippen molar-refractivity contribution in [2.24, 2.45) is 0 Å². The van der Waals surface area contributed by atoms with Crippen LogP contribution in [-0.4, -0.2) is 33.8 Å². The molecule has 1 saturated carbocycles. The summed E-state index contributed by atoms with van der Waals surface area (Å²) in [5.74, 6) is -1.04. The van der Waals surface area contributed by atoms with Gasteiger partial charge in [-0.1, -0.05) is 18.2 Å². The maximum absolute atomic E-state index is 12.6. The first-order valence-electron chi connectivity index (χ1n) is 8.41. The summed E-state index contributed by atoms with van der Waals surface area (Å²) >= 11 is 0. The van der Waals surface area contributed by atoms with E-state index >= 15 is 0 Å². The quantitative estimate of drug-likeness (QED) is 0.836. The zero-order chi connectivity index (χ0) is 18.1. The zero-order valence-corrected chi connectivity index (χ0v) is 14.5. The summed E-state index contributed by atoms with van der Waals surface area (Å²) in [6.07, 6.45) is 0.990. The van der Waals surface area contributed by atoms with Crippen LogP contribution in [0.25, 0.3) is 10.8 Å². The second-order valence-electron chi connectivity index (χ2n) is 6.57. The van der Waals surface area contributed by atoms with Gasteiger partial charge in [-0.2, -0.15) is 5.10 Å². The highest BCUT2D eigenvalue weighted by Gasteiger charge is 2.28. The van der Waals surface area contributed by atoms with E-state index in [1.165, 1.54) is 11.6 Å². The van der Waals surface area contributed by atoms with Crippen LogP contribution in [0, 0.1) is 0 Å². The molecule has 1 fully saturated rings. The first kappa shape index (κ1) is 17.1. The van der Waals surface area contributed by atoms with Crippen LogP contribution in [0.4, 0.5) is 0 Å². The highest BCUT2D eigenvalue weighted by atomic mass is 16.5. The zero-order valence-electron chi connectivity index (χ0n) is 14.5. The second-order valence-corrected chi connectivity index (χ2v) is 6.57. The highest BCUT2D eigenvalue weighted by Crippen LogP contribution is 2.19. The van der Waals surface area contributed by atoms with E-state index in [1.54, 1.807) is 24.3 Å². The molecular formula is C18H21N3O4. The molecule has 7 nitrogen and oxygen atoms in total. The third-order valence-electron chi connectivity index (χ3n) is 4.09. The lowest BCUT2D eigenvalue weighted by Crippen LogP contribution is -2.37. The Hall–Kier alpha value is -2.70. The number of hydrogen-bond donors (Lipinski definition) is 1. The number of esters is 1. The van der Waals surface area contributed by atoms with E-state index in [4.69, 9.17) is 4.74 Å². The molecule has 2 aromatic rings. The number of fused-ring (bicyclic) bond motifs is 1. The van der Waals surface area contributed by atoms with Gasteiger partial charge in [0.25, 0.3) is 11.5 Å². The van der Waals surface area contributed by atoms with Crippen molar-refractivity contribution in [1.29, 1.82) is 0 Å². The summed E-state index contributed by atoms with van der Waals surface area (Å²) in [4.78, 5) is 37.1. The van der Waals surface area contributed by atoms with Crippen molar-refractivity contribution in [2.75, 3.05) is 0 Å². The first-order valence-corrected chi connectivity index (χ1v) is 8.41. The summed E-state index contributed by atoms with van der Waals surface area (Å²) in [5, 5.41) is 7.80. The SMILES string of the molecule is CC(OC(=O)c1nn(C(C)C)c(=O)c2ccccc12)C(=O)NC1CC1. The molecule has 0 radical (unpaired) electrons. The predicted octanol–water partition coefficient (Wildman–Crippen LogP) is 1.80. The third-order valence-corrected chi connectivity index (χ3v) is 4.09. The molecule has 25 heavy (non-hydrogen) atoms. The van der Waals surface area contributed by atoms with E-state index in [0.29, 0.717) is 10.8 Å². The average Bonchev–Trinajstić information content (AvgIpc) is 3.38. The van der Waals surface area contributed by atoms with Crippen LogP contribution in [0.2, 0.25) is 0 Å². The predicted molar refractivity (Wildman–Crippen MR) is 92.4 cm³/mol. The summed E-state index contributed by atoms with van der Waals surface area (Å²) in [7, 11) is 0. The smallest absolute Gasteiger partial charge is 0.360 e. The van der Waals surface area contributed by atoms with Crippen LogP contribution in [0.5, 0.6) is 0 Å². The van der Waals surface area contributed by atoms with Crippen molar-refractivity contribution in [3.63, 3.8) is 0 Å². The van der Waals surface area contributed by atoms with Crippen LogP contribution < -0.4 is 10.9 Å². The van der Waals surface area contributed by atoms with Gasteiger partial charge < -0.3 is 10.1 Å². The fourth-order valence-electron chi connectivity index (χ4n) is 2.52. The molecule has 7 heteroatoms. The molecule has 1 aromatic heterocycles. The molecular weight excluding hydrogens is 322 g/mol. The van der Waals surface area contributed by atoms with Gasteiger partial charge in [-0.3, -0.25) is 9.59 Å². The Balaban J connectivity index is 1.93. The molecule has 1 aliphatic rings. The van der Waals surface area contributed by atoms with Crippen LogP contribution in [-0.2, 0) is 9.53 Å². The van der Waals surface area contributed by atoms with Gasteiger partial charge in [-0.05, 0) is 39.7 Å². The number of ether oxygens (including phenoxy) is 1. The largest absolute Gasteiger partial charge is 0.448 e. The van der Waals surface area contributed by atoms with Crippen molar-refractivity contribution in [1.82, 2.24) is 15.1 Å². The van der Waals surface area contributed by atoms with E-state index in [1.807, 2.05) is 13.8 Å². The Kier molecular flexibility index (Phi) is 4.57. The van der Waals surface area contributed by atoms with Crippen LogP contribution >= 0.6 is 0 Å². The maximum atomic E-state index is 12.6. The van der Waals surface area contributed by atoms with Gasteiger partial charge in [-0.15, -0.1) is 0 Å². The molecule has 1 N–H and O–H groups in total. The molecule has 1 atom stereocenters. The van der Waals surface area contributed by atoms with E-state index in [-0.39, 0.29) is 29.2 Å². The van der Waals surface area contributed by atoms with Crippen molar-refractivity contribution in [3.05, 3.63) is 40.3 Å². The molecule has 1 heterocycles. The number of aromatic nitrogens is 2. The number of carbonyl (C=O) groups excluding carboxylic acids is 2. The minimum atomic E-state index is -0.923. The average molecular weight is 343 g/mol. The molecule has 1 aromatic carbocycles. The molecule has 3 rings (SSSR count). The van der Waals surface area contributed by atoms with Gasteiger partial charge in [0.1, 0.15) is 0 Å². The second kappa shape index (κ2) is 6.66. The molecule has 132 valence electrons. The Morgan fingerprint density at radius 1 is 1.20 bits per heavy atom. The molecule has 1 unspecified atom stereocenters. The fourth-order valence-corrected chi connectivity index (χ4v) is 2.52. The number of amides is 1. The Labute approximate surface area is 145 Å². The lowest BCUT2D eigenvalue weighted by molar-refractivity contribution is -0.129. The normalized spacial score (nSPS) is 15.2. The van der Waals surface area contributed by atoms with Gasteiger partial charge in [0.2, 0.25) is 0 Å². The highest BCUT2D eigenvalue weighted by molar-refractivity contribution is 6.02. The van der Waals surface area contributed by atoms with E-state index < -0.39 is 12.1 Å². The number of nitrogens with zero attached hydrogens (tertiary/aromatic N) is 2. The maximum Gasteiger partial charge on any atom is 0.360 e. The molecule has 0 aliphatic heterocycles. The Morgan fingerprint density at radius 2 is 1.84 bits per heavy atom. The minimum absolute atomic E-state index is 0.0370. The van der Waals surface area contributed by atoms with Crippen LogP contribution in [0.1, 0.15) is 50.1 Å². The third kappa shape index (κ3) is 3.55. The number of rotatable bonds is 5. The van der Waals surface area contributed by atoms with Crippen molar-refractivity contribution in [3.8, 4) is 0 Å². The lowest BCUT2D eigenvalue weighted by Gasteiger charge is -2.15. The first-order chi connectivity index (χ1) is 11.9. The van der Waals surface area contributed by atoms with Gasteiger partial charge in [0.15, 0.2) is 11.8 Å². The Morgan fingerprint density at radius 3 is 2.44 bits per heavy atom. The molecule has 1 aliphatic carbocycles. The standard InChI is InChI=1S/C18H21N3O4/c1-10(2)21-17(23)14-7-5-4-6-13(14)15(20-21)18(24)25-11(3)16(22)19-12-8-9-12/h4-7,10-12H,8-9H2,1-3H3,(H,19,22). The number of carbonyl (C=O) groups is 2. The monoisotopic (exact) mass is 343 g/mol. The summed E-state index contributed by atoms with van der Waals surface area (Å²) in [6.45, 7) is 5.14. The molecule has 0 bridgehead atoms. The van der Waals surface area contributed by atoms with E-state index in [2.05, 4.69) is 10.4 Å². The molecule has 1 amide bonds. The topological polar surface area (TPSA) is 90.3 Å². The molecule has 0 saturated heterocycles. The van der Waals surface area contributed by atoms with Crippen molar-refractivity contribution in [2.45, 2.75) is 51.8 Å². The Bertz CT molecular complexity index is 884. The van der Waals surface area contributed by atoms with Gasteiger partial charge in [0, 0.05) is 11.4 Å². The van der Waals surface area contributed by atoms with Crippen LogP contribution in [0.15, 0.2) is 29.1 Å². The van der Waals surface area contributed by atoms with Crippen molar-refractivity contribution < 1.29 is 14.3 Å². The van der Waals surface area contributed by atoms with E-state index in [9.17, 15) is 14.4 Å². The van der Waals surface area contributed by atoms with Gasteiger partial charge in [0.05, 0.1) is 11.4 Å². The van der Waals surface area contributed by atoms with Crippen molar-refractivity contribution >= 4 is 22.6 Å². The van der Waals surface area contributed by atoms with Gasteiger partial charge >= 0.3 is 5.97 Å². The molecule has 0 spiro atoms. The number of benzene rings is 1. The van der Waals surface area contributed by atoms with E-state index in [0.717, 1.165) is 12.8 Å². The summed E-state index contributed by atoms with van der Waals surface area (Å²) in [5.41, 5.74) is -0.225. The lowest BCUT2D eigenvalue weighted by atomic mass is 10.1. The summed E-state index contributed by atoms with van der Waals surface area (Å²) < 4.78 is 6.54. The summed E-state index contributed by atoms with van der Waals surface area (Å²) in [6, 6.07) is 6.74. The van der Waals surface area contributed by atoms with Gasteiger partial charge in [-0.25, -0.2) is 9.48 Å². The minimum Gasteiger partial charge on any atom is -0.448 e. The number of hydrogen-bond acceptors (Lipinski definition) is 5.